The molecule has 0 aliphatic carbocycles. The van der Waals surface area contributed by atoms with Crippen molar-refractivity contribution in [1.29, 1.82) is 0 Å². The van der Waals surface area contributed by atoms with Gasteiger partial charge in [0.15, 0.2) is 11.5 Å². The smallest absolute Gasteiger partial charge is 0.219 e. The first kappa shape index (κ1) is 27.5. The zero-order valence-corrected chi connectivity index (χ0v) is 22.7. The first-order chi connectivity index (χ1) is 18.2. The lowest BCUT2D eigenvalue weighted by atomic mass is 10.0. The third-order valence-electron chi connectivity index (χ3n) is 6.81. The van der Waals surface area contributed by atoms with E-state index in [2.05, 4.69) is 9.88 Å². The van der Waals surface area contributed by atoms with Gasteiger partial charge in [-0.05, 0) is 43.7 Å². The molecule has 1 atom stereocenters. The van der Waals surface area contributed by atoms with Crippen LogP contribution in [-0.2, 0) is 17.9 Å². The van der Waals surface area contributed by atoms with Gasteiger partial charge in [-0.1, -0.05) is 23.8 Å². The minimum atomic E-state index is -1.22. The number of aromatic nitrogens is 2. The fraction of sp³-hybridized carbons (Fsp3) is 0.448. The second-order valence-corrected chi connectivity index (χ2v) is 9.98. The van der Waals surface area contributed by atoms with Crippen LogP contribution in [0.5, 0.6) is 17.2 Å². The third kappa shape index (κ3) is 7.26. The predicted octanol–water partition coefficient (Wildman–Crippen LogP) is 3.06. The fourth-order valence-electron chi connectivity index (χ4n) is 4.67. The number of benzene rings is 2. The van der Waals surface area contributed by atoms with E-state index in [0.717, 1.165) is 17.0 Å². The van der Waals surface area contributed by atoms with Crippen LogP contribution in [0.4, 0.5) is 0 Å². The second kappa shape index (κ2) is 12.3. The maximum Gasteiger partial charge on any atom is 0.219 e. The molecule has 0 radical (unpaired) electrons. The van der Waals surface area contributed by atoms with Crippen LogP contribution >= 0.6 is 0 Å². The van der Waals surface area contributed by atoms with Crippen LogP contribution in [0.15, 0.2) is 54.9 Å². The molecule has 38 heavy (non-hydrogen) atoms. The van der Waals surface area contributed by atoms with Crippen molar-refractivity contribution in [3.05, 3.63) is 71.8 Å². The van der Waals surface area contributed by atoms with Gasteiger partial charge in [0.1, 0.15) is 30.4 Å². The summed E-state index contributed by atoms with van der Waals surface area (Å²) in [5.41, 5.74) is 0.943. The summed E-state index contributed by atoms with van der Waals surface area (Å²) in [5.74, 6) is 2.90. The molecule has 3 aromatic rings. The molecule has 9 heteroatoms. The summed E-state index contributed by atoms with van der Waals surface area (Å²) in [6, 6.07) is 13.6. The molecule has 204 valence electrons. The number of amides is 1. The van der Waals surface area contributed by atoms with Crippen LogP contribution in [-0.4, -0.2) is 82.5 Å². The SMILES string of the molecule is COc1ccc(CN2CCN(C(C)=O)CC(O)(COc3ccc(C)cc3)C2)cc1OCCn1ccnc1C. The average Bonchev–Trinajstić information content (AvgIpc) is 3.22. The molecule has 1 unspecified atom stereocenters. The molecule has 2 aromatic carbocycles. The van der Waals surface area contributed by atoms with E-state index in [1.807, 2.05) is 67.1 Å². The van der Waals surface area contributed by atoms with Gasteiger partial charge in [-0.3, -0.25) is 9.69 Å². The van der Waals surface area contributed by atoms with Crippen molar-refractivity contribution < 1.29 is 24.1 Å². The highest BCUT2D eigenvalue weighted by molar-refractivity contribution is 5.73. The fourth-order valence-corrected chi connectivity index (χ4v) is 4.67. The molecule has 1 fully saturated rings. The van der Waals surface area contributed by atoms with Gasteiger partial charge in [-0.25, -0.2) is 4.98 Å². The number of carbonyl (C=O) groups excluding carboxylic acids is 1. The van der Waals surface area contributed by atoms with Crippen molar-refractivity contribution >= 4 is 5.91 Å². The molecule has 0 spiro atoms. The molecule has 1 aliphatic heterocycles. The Morgan fingerprint density at radius 1 is 1.05 bits per heavy atom. The van der Waals surface area contributed by atoms with Gasteiger partial charge in [0.05, 0.1) is 20.2 Å². The van der Waals surface area contributed by atoms with E-state index < -0.39 is 5.60 Å². The Kier molecular flexibility index (Phi) is 8.91. The Labute approximate surface area is 224 Å². The summed E-state index contributed by atoms with van der Waals surface area (Å²) in [6.45, 7) is 9.09. The summed E-state index contributed by atoms with van der Waals surface area (Å²) >= 11 is 0. The number of ether oxygens (including phenoxy) is 3. The monoisotopic (exact) mass is 522 g/mol. The topological polar surface area (TPSA) is 89.3 Å². The Balaban J connectivity index is 1.44. The zero-order valence-electron chi connectivity index (χ0n) is 22.7. The number of aliphatic hydroxyl groups is 1. The number of aryl methyl sites for hydroxylation is 2. The van der Waals surface area contributed by atoms with Crippen molar-refractivity contribution in [2.24, 2.45) is 0 Å². The van der Waals surface area contributed by atoms with Crippen molar-refractivity contribution in [2.75, 3.05) is 46.5 Å². The number of nitrogens with zero attached hydrogens (tertiary/aromatic N) is 4. The molecule has 1 saturated heterocycles. The zero-order chi connectivity index (χ0) is 27.1. The molecule has 1 aromatic heterocycles. The van der Waals surface area contributed by atoms with Crippen LogP contribution in [0.1, 0.15) is 23.9 Å². The van der Waals surface area contributed by atoms with Crippen molar-refractivity contribution in [3.63, 3.8) is 0 Å². The van der Waals surface area contributed by atoms with Gasteiger partial charge in [-0.2, -0.15) is 0 Å². The summed E-state index contributed by atoms with van der Waals surface area (Å²) < 4.78 is 19.6. The minimum absolute atomic E-state index is 0.0612. The van der Waals surface area contributed by atoms with Gasteiger partial charge in [0, 0.05) is 45.5 Å². The molecule has 1 N–H and O–H groups in total. The van der Waals surface area contributed by atoms with Gasteiger partial charge in [0.25, 0.3) is 0 Å². The number of rotatable bonds is 10. The lowest BCUT2D eigenvalue weighted by Crippen LogP contribution is -2.51. The average molecular weight is 523 g/mol. The summed E-state index contributed by atoms with van der Waals surface area (Å²) in [6.07, 6.45) is 3.71. The highest BCUT2D eigenvalue weighted by Gasteiger charge is 2.37. The Morgan fingerprint density at radius 3 is 2.53 bits per heavy atom. The normalized spacial score (nSPS) is 18.2. The standard InChI is InChI=1S/C29H38N4O5/c1-22-5-8-26(9-6-22)38-21-29(35)19-31(13-14-33(20-29)24(3)34)18-25-7-10-27(36-4)28(17-25)37-16-15-32-12-11-30-23(32)2/h5-12,17,35H,13-16,18-21H2,1-4H3. The molecule has 9 nitrogen and oxygen atoms in total. The van der Waals surface area contributed by atoms with Crippen molar-refractivity contribution in [2.45, 2.75) is 39.5 Å². The number of imidazole rings is 1. The lowest BCUT2D eigenvalue weighted by molar-refractivity contribution is -0.132. The molecule has 2 heterocycles. The summed E-state index contributed by atoms with van der Waals surface area (Å²) in [4.78, 5) is 20.4. The minimum Gasteiger partial charge on any atom is -0.493 e. The Hall–Kier alpha value is -3.56. The number of hydrogen-bond donors (Lipinski definition) is 1. The lowest BCUT2D eigenvalue weighted by Gasteiger charge is -2.32. The van der Waals surface area contributed by atoms with Crippen LogP contribution in [0.25, 0.3) is 0 Å². The summed E-state index contributed by atoms with van der Waals surface area (Å²) in [7, 11) is 1.63. The largest absolute Gasteiger partial charge is 0.493 e. The molecule has 1 aliphatic rings. The van der Waals surface area contributed by atoms with Crippen LogP contribution < -0.4 is 14.2 Å². The van der Waals surface area contributed by atoms with E-state index in [-0.39, 0.29) is 19.1 Å². The van der Waals surface area contributed by atoms with Gasteiger partial charge in [-0.15, -0.1) is 0 Å². The predicted molar refractivity (Wildman–Crippen MR) is 145 cm³/mol. The molecular formula is C29H38N4O5. The van der Waals surface area contributed by atoms with E-state index in [1.165, 1.54) is 6.92 Å². The van der Waals surface area contributed by atoms with Crippen molar-refractivity contribution in [1.82, 2.24) is 19.4 Å². The van der Waals surface area contributed by atoms with E-state index in [9.17, 15) is 9.90 Å². The van der Waals surface area contributed by atoms with E-state index in [0.29, 0.717) is 56.6 Å². The van der Waals surface area contributed by atoms with E-state index in [4.69, 9.17) is 14.2 Å². The Bertz CT molecular complexity index is 1210. The number of carbonyl (C=O) groups is 1. The molecule has 0 bridgehead atoms. The third-order valence-corrected chi connectivity index (χ3v) is 6.81. The van der Waals surface area contributed by atoms with Crippen LogP contribution in [0.2, 0.25) is 0 Å². The van der Waals surface area contributed by atoms with Gasteiger partial charge < -0.3 is 28.8 Å². The van der Waals surface area contributed by atoms with Crippen molar-refractivity contribution in [3.8, 4) is 17.2 Å². The molecule has 0 saturated carbocycles. The maximum absolute atomic E-state index is 12.3. The number of methoxy groups -OCH3 is 1. The first-order valence-corrected chi connectivity index (χ1v) is 12.9. The van der Waals surface area contributed by atoms with E-state index >= 15 is 0 Å². The highest BCUT2D eigenvalue weighted by atomic mass is 16.5. The van der Waals surface area contributed by atoms with Gasteiger partial charge in [0.2, 0.25) is 5.91 Å². The van der Waals surface area contributed by atoms with Gasteiger partial charge >= 0.3 is 0 Å². The van der Waals surface area contributed by atoms with Crippen LogP contribution in [0, 0.1) is 13.8 Å². The maximum atomic E-state index is 12.3. The van der Waals surface area contributed by atoms with E-state index in [1.54, 1.807) is 18.2 Å². The quantitative estimate of drug-likeness (QED) is 0.438. The molecule has 4 rings (SSSR count). The second-order valence-electron chi connectivity index (χ2n) is 9.98. The number of hydrogen-bond acceptors (Lipinski definition) is 7. The highest BCUT2D eigenvalue weighted by Crippen LogP contribution is 2.29. The molecule has 1 amide bonds. The number of β-amino-alcohol motifs (C(OH)–C–C–N with tert-alkyl or cyclic N) is 1. The summed E-state index contributed by atoms with van der Waals surface area (Å²) in [5, 5.41) is 11.6. The van der Waals surface area contributed by atoms with Crippen LogP contribution in [0.3, 0.4) is 0 Å². The molecular weight excluding hydrogens is 484 g/mol. The first-order valence-electron chi connectivity index (χ1n) is 12.9. The Morgan fingerprint density at radius 2 is 1.84 bits per heavy atom.